The number of nitrogens with zero attached hydrogens (tertiary/aromatic N) is 1. The third kappa shape index (κ3) is 6.13. The van der Waals surface area contributed by atoms with Crippen LogP contribution in [0.15, 0.2) is 93.8 Å². The van der Waals surface area contributed by atoms with Gasteiger partial charge in [-0.15, -0.1) is 0 Å². The lowest BCUT2D eigenvalue weighted by molar-refractivity contribution is 0.0917. The molecular weight excluding hydrogens is 418 g/mol. The van der Waals surface area contributed by atoms with Crippen LogP contribution < -0.4 is 10.6 Å². The first-order chi connectivity index (χ1) is 16.1. The van der Waals surface area contributed by atoms with Crippen LogP contribution in [0.1, 0.15) is 33.4 Å². The number of aryl methyl sites for hydroxylation is 1. The first-order valence-corrected chi connectivity index (χ1v) is 10.6. The van der Waals surface area contributed by atoms with E-state index in [0.29, 0.717) is 23.8 Å². The first-order valence-electron chi connectivity index (χ1n) is 10.6. The van der Waals surface area contributed by atoms with Crippen molar-refractivity contribution >= 4 is 17.6 Å². The molecule has 2 heterocycles. The van der Waals surface area contributed by atoms with Crippen molar-refractivity contribution in [2.24, 2.45) is 0 Å². The SMILES string of the molecule is Cc1ccc(CNC(=O)c2ccc(CN(Cc3ccccc3)C(=O)Nc3ccccc3)o2)o1. The number of nitrogens with one attached hydrogen (secondary N) is 2. The molecular formula is C26H25N3O4. The van der Waals surface area contributed by atoms with Gasteiger partial charge in [0.05, 0.1) is 13.1 Å². The Hall–Kier alpha value is -4.26. The van der Waals surface area contributed by atoms with E-state index in [1.54, 1.807) is 17.0 Å². The van der Waals surface area contributed by atoms with E-state index < -0.39 is 0 Å². The largest absolute Gasteiger partial charge is 0.465 e. The summed E-state index contributed by atoms with van der Waals surface area (Å²) in [6, 6.07) is 25.7. The highest BCUT2D eigenvalue weighted by molar-refractivity contribution is 5.91. The molecule has 7 nitrogen and oxygen atoms in total. The number of hydrogen-bond donors (Lipinski definition) is 2. The number of para-hydroxylation sites is 1. The Balaban J connectivity index is 1.43. The molecule has 0 spiro atoms. The van der Waals surface area contributed by atoms with Crippen LogP contribution in [0.5, 0.6) is 0 Å². The molecule has 2 aromatic heterocycles. The highest BCUT2D eigenvalue weighted by atomic mass is 16.4. The van der Waals surface area contributed by atoms with Gasteiger partial charge in [0.2, 0.25) is 0 Å². The van der Waals surface area contributed by atoms with E-state index >= 15 is 0 Å². The second-order valence-corrected chi connectivity index (χ2v) is 7.60. The quantitative estimate of drug-likeness (QED) is 0.384. The number of amides is 3. The lowest BCUT2D eigenvalue weighted by Crippen LogP contribution is -2.34. The molecule has 168 valence electrons. The molecule has 0 bridgehead atoms. The van der Waals surface area contributed by atoms with E-state index in [1.165, 1.54) is 0 Å². The summed E-state index contributed by atoms with van der Waals surface area (Å²) in [6.45, 7) is 2.71. The maximum atomic E-state index is 13.0. The molecule has 4 aromatic rings. The van der Waals surface area contributed by atoms with Crippen molar-refractivity contribution in [1.29, 1.82) is 0 Å². The van der Waals surface area contributed by atoms with Gasteiger partial charge in [0.1, 0.15) is 17.3 Å². The van der Waals surface area contributed by atoms with Gasteiger partial charge in [-0.1, -0.05) is 48.5 Å². The fourth-order valence-corrected chi connectivity index (χ4v) is 3.34. The van der Waals surface area contributed by atoms with Crippen LogP contribution in [0.25, 0.3) is 0 Å². The van der Waals surface area contributed by atoms with Gasteiger partial charge in [-0.3, -0.25) is 4.79 Å². The van der Waals surface area contributed by atoms with Crippen LogP contribution in [-0.2, 0) is 19.6 Å². The molecule has 2 aromatic carbocycles. The van der Waals surface area contributed by atoms with Crippen molar-refractivity contribution in [1.82, 2.24) is 10.2 Å². The van der Waals surface area contributed by atoms with Crippen molar-refractivity contribution in [3.63, 3.8) is 0 Å². The number of hydrogen-bond acceptors (Lipinski definition) is 4. The third-order valence-electron chi connectivity index (χ3n) is 4.98. The number of rotatable bonds is 8. The molecule has 0 aliphatic carbocycles. The first kappa shape index (κ1) is 22.0. The number of carbonyl (C=O) groups is 2. The summed E-state index contributed by atoms with van der Waals surface area (Å²) >= 11 is 0. The number of carbonyl (C=O) groups excluding carboxylic acids is 2. The second-order valence-electron chi connectivity index (χ2n) is 7.60. The molecule has 2 N–H and O–H groups in total. The van der Waals surface area contributed by atoms with Crippen molar-refractivity contribution in [3.8, 4) is 0 Å². The molecule has 0 unspecified atom stereocenters. The van der Waals surface area contributed by atoms with Gasteiger partial charge in [-0.2, -0.15) is 0 Å². The van der Waals surface area contributed by atoms with Crippen molar-refractivity contribution in [3.05, 3.63) is 114 Å². The molecule has 7 heteroatoms. The van der Waals surface area contributed by atoms with Crippen molar-refractivity contribution < 1.29 is 18.4 Å². The topological polar surface area (TPSA) is 87.7 Å². The number of urea groups is 1. The van der Waals surface area contributed by atoms with E-state index in [9.17, 15) is 9.59 Å². The van der Waals surface area contributed by atoms with Crippen LogP contribution in [-0.4, -0.2) is 16.8 Å². The fourth-order valence-electron chi connectivity index (χ4n) is 3.34. The number of anilines is 1. The third-order valence-corrected chi connectivity index (χ3v) is 4.98. The average molecular weight is 444 g/mol. The Morgan fingerprint density at radius 2 is 1.48 bits per heavy atom. The van der Waals surface area contributed by atoms with Gasteiger partial charge < -0.3 is 24.4 Å². The number of furan rings is 2. The lowest BCUT2D eigenvalue weighted by Gasteiger charge is -2.22. The molecule has 0 saturated carbocycles. The summed E-state index contributed by atoms with van der Waals surface area (Å²) in [5.41, 5.74) is 1.69. The minimum atomic E-state index is -0.348. The van der Waals surface area contributed by atoms with E-state index in [1.807, 2.05) is 79.7 Å². The van der Waals surface area contributed by atoms with Crippen LogP contribution in [0.2, 0.25) is 0 Å². The Kier molecular flexibility index (Phi) is 6.90. The molecule has 0 fully saturated rings. The van der Waals surface area contributed by atoms with Gasteiger partial charge in [0.15, 0.2) is 5.76 Å². The van der Waals surface area contributed by atoms with Crippen molar-refractivity contribution in [2.75, 3.05) is 5.32 Å². The van der Waals surface area contributed by atoms with E-state index in [2.05, 4.69) is 10.6 Å². The molecule has 0 saturated heterocycles. The predicted octanol–water partition coefficient (Wildman–Crippen LogP) is 5.35. The summed E-state index contributed by atoms with van der Waals surface area (Å²) in [5, 5.41) is 5.68. The Bertz CT molecular complexity index is 1200. The zero-order valence-electron chi connectivity index (χ0n) is 18.3. The van der Waals surface area contributed by atoms with Crippen molar-refractivity contribution in [2.45, 2.75) is 26.6 Å². The minimum Gasteiger partial charge on any atom is -0.465 e. The average Bonchev–Trinajstić information content (AvgIpc) is 3.47. The predicted molar refractivity (Wildman–Crippen MR) is 124 cm³/mol. The normalized spacial score (nSPS) is 10.6. The zero-order chi connectivity index (χ0) is 23.0. The molecule has 3 amide bonds. The summed E-state index contributed by atoms with van der Waals surface area (Å²) < 4.78 is 11.2. The molecule has 0 radical (unpaired) electrons. The molecule has 4 rings (SSSR count). The molecule has 0 aliphatic rings. The summed E-state index contributed by atoms with van der Waals surface area (Å²) in [6.07, 6.45) is 0. The minimum absolute atomic E-state index is 0.177. The molecule has 33 heavy (non-hydrogen) atoms. The monoisotopic (exact) mass is 443 g/mol. The van der Waals surface area contributed by atoms with E-state index in [0.717, 1.165) is 11.3 Å². The molecule has 0 aliphatic heterocycles. The van der Waals surface area contributed by atoms with Gasteiger partial charge in [-0.05, 0) is 48.9 Å². The van der Waals surface area contributed by atoms with Crippen LogP contribution >= 0.6 is 0 Å². The number of benzene rings is 2. The summed E-state index contributed by atoms with van der Waals surface area (Å²) in [4.78, 5) is 27.1. The van der Waals surface area contributed by atoms with Crippen LogP contribution in [0, 0.1) is 6.92 Å². The second kappa shape index (κ2) is 10.4. The Labute approximate surface area is 192 Å². The Morgan fingerprint density at radius 3 is 2.18 bits per heavy atom. The summed E-state index contributed by atoms with van der Waals surface area (Å²) in [7, 11) is 0. The van der Waals surface area contributed by atoms with E-state index in [4.69, 9.17) is 8.83 Å². The Morgan fingerprint density at radius 1 is 0.788 bits per heavy atom. The van der Waals surface area contributed by atoms with Gasteiger partial charge in [0, 0.05) is 12.2 Å². The van der Waals surface area contributed by atoms with E-state index in [-0.39, 0.29) is 30.8 Å². The standard InChI is InChI=1S/C26H25N3O4/c1-19-12-13-22(32-19)16-27-25(30)24-15-14-23(33-24)18-29(17-20-8-4-2-5-9-20)26(31)28-21-10-6-3-7-11-21/h2-15H,16-18H2,1H3,(H,27,30)(H,28,31). The smallest absolute Gasteiger partial charge is 0.322 e. The maximum absolute atomic E-state index is 13.0. The van der Waals surface area contributed by atoms with Gasteiger partial charge in [0.25, 0.3) is 5.91 Å². The fraction of sp³-hybridized carbons (Fsp3) is 0.154. The highest BCUT2D eigenvalue weighted by Gasteiger charge is 2.18. The lowest BCUT2D eigenvalue weighted by atomic mass is 10.2. The molecule has 0 atom stereocenters. The summed E-state index contributed by atoms with van der Waals surface area (Å²) in [5.74, 6) is 1.79. The van der Waals surface area contributed by atoms with Gasteiger partial charge in [-0.25, -0.2) is 4.79 Å². The highest BCUT2D eigenvalue weighted by Crippen LogP contribution is 2.16. The zero-order valence-corrected chi connectivity index (χ0v) is 18.3. The maximum Gasteiger partial charge on any atom is 0.322 e. The van der Waals surface area contributed by atoms with Gasteiger partial charge >= 0.3 is 6.03 Å². The van der Waals surface area contributed by atoms with Crippen LogP contribution in [0.4, 0.5) is 10.5 Å². The van der Waals surface area contributed by atoms with Crippen LogP contribution in [0.3, 0.4) is 0 Å².